The largest absolute Gasteiger partial charge is 0.369 e. The van der Waals surface area contributed by atoms with Gasteiger partial charge in [-0.25, -0.2) is 4.39 Å². The average Bonchev–Trinajstić information content (AvgIpc) is 3.78. The fourth-order valence-corrected chi connectivity index (χ4v) is 7.24. The van der Waals surface area contributed by atoms with E-state index in [2.05, 4.69) is 65.0 Å². The maximum Gasteiger partial charge on any atom is 0.193 e. The first-order chi connectivity index (χ1) is 21.9. The molecule has 1 aromatic carbocycles. The summed E-state index contributed by atoms with van der Waals surface area (Å²) in [4.78, 5) is 30.1. The van der Waals surface area contributed by atoms with Crippen molar-refractivity contribution >= 4 is 34.7 Å². The van der Waals surface area contributed by atoms with Gasteiger partial charge in [-0.15, -0.1) is 12.4 Å². The van der Waals surface area contributed by atoms with Gasteiger partial charge in [-0.3, -0.25) is 19.7 Å². The Morgan fingerprint density at radius 2 is 1.80 bits per heavy atom. The van der Waals surface area contributed by atoms with Crippen LogP contribution in [0.4, 0.5) is 15.8 Å². The number of piperidine rings is 1. The molecular weight excluding hydrogens is 601 g/mol. The average molecular weight is 646 g/mol. The van der Waals surface area contributed by atoms with Crippen LogP contribution < -0.4 is 20.5 Å². The third-order valence-electron chi connectivity index (χ3n) is 9.95. The second-order valence-electron chi connectivity index (χ2n) is 13.3. The summed E-state index contributed by atoms with van der Waals surface area (Å²) < 4.78 is 18.0. The number of likely N-dealkylation sites (N-methyl/N-ethyl adjacent to an activating group) is 1. The standard InChI is InChI=1S/C36H44FN7O.ClH/c1-24-6-7-30(18-40-24)41-13-4-5-31(23-41)43(19-26-10-12-39-25(2)15-26)20-27-21-44(29-8-9-29)34-17-35(33(37)16-32(34)36(27)45)42-14-11-28(22-42)38-3;/h6-7,10,12,15-18,21,28-29,31,38H,4-5,8-9,11,13-14,19-20,22-23H2,1-3H3;1H/t28-,31+;/m1./s1. The lowest BCUT2D eigenvalue weighted by Crippen LogP contribution is -2.48. The van der Waals surface area contributed by atoms with Crippen LogP contribution in [0.2, 0.25) is 0 Å². The first kappa shape index (κ1) is 32.4. The van der Waals surface area contributed by atoms with E-state index in [0.29, 0.717) is 36.2 Å². The van der Waals surface area contributed by atoms with Crippen LogP contribution in [0.15, 0.2) is 59.8 Å². The third-order valence-corrected chi connectivity index (χ3v) is 9.95. The monoisotopic (exact) mass is 645 g/mol. The molecular formula is C36H45ClFN7O. The molecule has 46 heavy (non-hydrogen) atoms. The minimum absolute atomic E-state index is 0. The summed E-state index contributed by atoms with van der Waals surface area (Å²) in [6.45, 7) is 8.67. The second kappa shape index (κ2) is 13.7. The van der Waals surface area contributed by atoms with Crippen molar-refractivity contribution in [1.82, 2.24) is 24.8 Å². The summed E-state index contributed by atoms with van der Waals surface area (Å²) in [5, 5.41) is 3.81. The molecule has 8 nitrogen and oxygen atoms in total. The Kier molecular flexibility index (Phi) is 9.64. The van der Waals surface area contributed by atoms with Crippen molar-refractivity contribution in [1.29, 1.82) is 0 Å². The van der Waals surface area contributed by atoms with Crippen molar-refractivity contribution in [3.63, 3.8) is 0 Å². The van der Waals surface area contributed by atoms with Gasteiger partial charge in [0.05, 0.1) is 23.1 Å². The van der Waals surface area contributed by atoms with E-state index in [1.54, 1.807) is 0 Å². The number of halogens is 2. The molecule has 7 rings (SSSR count). The number of fused-ring (bicyclic) bond motifs is 1. The molecule has 2 aliphatic heterocycles. The van der Waals surface area contributed by atoms with Crippen molar-refractivity contribution < 1.29 is 4.39 Å². The zero-order valence-electron chi connectivity index (χ0n) is 27.1. The Hall–Kier alpha value is -3.53. The van der Waals surface area contributed by atoms with Gasteiger partial charge in [0, 0.05) is 92.1 Å². The molecule has 0 radical (unpaired) electrons. The highest BCUT2D eigenvalue weighted by atomic mass is 35.5. The minimum Gasteiger partial charge on any atom is -0.369 e. The van der Waals surface area contributed by atoms with Crippen molar-refractivity contribution in [2.24, 2.45) is 0 Å². The van der Waals surface area contributed by atoms with Crippen LogP contribution >= 0.6 is 12.4 Å². The van der Waals surface area contributed by atoms with Crippen molar-refractivity contribution in [2.75, 3.05) is 43.0 Å². The number of nitrogens with zero attached hydrogens (tertiary/aromatic N) is 6. The zero-order chi connectivity index (χ0) is 31.1. The van der Waals surface area contributed by atoms with Gasteiger partial charge in [0.1, 0.15) is 5.82 Å². The molecule has 0 unspecified atom stereocenters. The Morgan fingerprint density at radius 3 is 2.52 bits per heavy atom. The molecule has 10 heteroatoms. The third kappa shape index (κ3) is 6.77. The fraction of sp³-hybridized carbons (Fsp3) is 0.472. The molecule has 0 amide bonds. The van der Waals surface area contributed by atoms with Gasteiger partial charge < -0.3 is 19.7 Å². The number of hydrogen-bond acceptors (Lipinski definition) is 7. The maximum absolute atomic E-state index is 15.7. The molecule has 4 aromatic rings. The molecule has 2 saturated heterocycles. The van der Waals surface area contributed by atoms with Crippen LogP contribution in [-0.2, 0) is 13.1 Å². The van der Waals surface area contributed by atoms with E-state index in [9.17, 15) is 4.79 Å². The fourth-order valence-electron chi connectivity index (χ4n) is 7.24. The molecule has 3 fully saturated rings. The SMILES string of the molecule is CN[C@@H]1CCN(c2cc3c(cc2F)c(=O)c(CN(Cc2ccnc(C)c2)[C@H]2CCCN(c4ccc(C)nc4)C2)cn3C2CC2)C1.Cl. The highest BCUT2D eigenvalue weighted by molar-refractivity contribution is 5.85. The minimum atomic E-state index is -0.311. The smallest absolute Gasteiger partial charge is 0.193 e. The number of aryl methyl sites for hydroxylation is 2. The van der Waals surface area contributed by atoms with Crippen LogP contribution in [0, 0.1) is 19.7 Å². The van der Waals surface area contributed by atoms with Gasteiger partial charge in [0.15, 0.2) is 5.43 Å². The van der Waals surface area contributed by atoms with E-state index in [0.717, 1.165) is 86.4 Å². The topological polar surface area (TPSA) is 69.5 Å². The van der Waals surface area contributed by atoms with Crippen LogP contribution in [0.3, 0.4) is 0 Å². The van der Waals surface area contributed by atoms with Gasteiger partial charge in [0.25, 0.3) is 0 Å². The summed E-state index contributed by atoms with van der Waals surface area (Å²) >= 11 is 0. The van der Waals surface area contributed by atoms with Crippen LogP contribution in [0.1, 0.15) is 60.7 Å². The highest BCUT2D eigenvalue weighted by Crippen LogP contribution is 2.39. The van der Waals surface area contributed by atoms with Crippen molar-refractivity contribution in [3.8, 4) is 0 Å². The Bertz CT molecular complexity index is 1740. The zero-order valence-corrected chi connectivity index (χ0v) is 27.9. The summed E-state index contributed by atoms with van der Waals surface area (Å²) in [6, 6.07) is 12.8. The van der Waals surface area contributed by atoms with Crippen LogP contribution in [-0.4, -0.2) is 64.7 Å². The molecule has 0 bridgehead atoms. The van der Waals surface area contributed by atoms with E-state index in [-0.39, 0.29) is 29.7 Å². The second-order valence-corrected chi connectivity index (χ2v) is 13.3. The predicted octanol–water partition coefficient (Wildman–Crippen LogP) is 5.77. The number of benzene rings is 1. The van der Waals surface area contributed by atoms with Crippen molar-refractivity contribution in [2.45, 2.75) is 77.2 Å². The molecule has 0 spiro atoms. The molecule has 5 heterocycles. The van der Waals surface area contributed by atoms with Crippen LogP contribution in [0.25, 0.3) is 10.9 Å². The lowest BCUT2D eigenvalue weighted by atomic mass is 10.0. The summed E-state index contributed by atoms with van der Waals surface area (Å²) in [5.41, 5.74) is 6.43. The first-order valence-electron chi connectivity index (χ1n) is 16.5. The molecule has 1 aliphatic carbocycles. The van der Waals surface area contributed by atoms with E-state index in [1.807, 2.05) is 39.4 Å². The predicted molar refractivity (Wildman–Crippen MR) is 186 cm³/mol. The summed E-state index contributed by atoms with van der Waals surface area (Å²) in [7, 11) is 1.96. The van der Waals surface area contributed by atoms with E-state index >= 15 is 4.39 Å². The molecule has 3 aliphatic rings. The van der Waals surface area contributed by atoms with E-state index < -0.39 is 0 Å². The molecule has 1 N–H and O–H groups in total. The Morgan fingerprint density at radius 1 is 0.957 bits per heavy atom. The molecule has 3 aromatic heterocycles. The number of anilines is 2. The van der Waals surface area contributed by atoms with E-state index in [1.165, 1.54) is 11.6 Å². The normalized spacial score (nSPS) is 20.0. The van der Waals surface area contributed by atoms with E-state index in [4.69, 9.17) is 0 Å². The van der Waals surface area contributed by atoms with Crippen LogP contribution in [0.5, 0.6) is 0 Å². The number of pyridine rings is 3. The summed E-state index contributed by atoms with van der Waals surface area (Å²) in [5.74, 6) is -0.311. The van der Waals surface area contributed by atoms with Gasteiger partial charge in [-0.05, 0) is 95.0 Å². The molecule has 244 valence electrons. The first-order valence-corrected chi connectivity index (χ1v) is 16.5. The molecule has 1 saturated carbocycles. The number of rotatable bonds is 9. The maximum atomic E-state index is 15.7. The van der Waals surface area contributed by atoms with Gasteiger partial charge in [-0.2, -0.15) is 0 Å². The van der Waals surface area contributed by atoms with Gasteiger partial charge in [0.2, 0.25) is 0 Å². The lowest BCUT2D eigenvalue weighted by molar-refractivity contribution is 0.158. The quantitative estimate of drug-likeness (QED) is 0.248. The van der Waals surface area contributed by atoms with Gasteiger partial charge in [-0.1, -0.05) is 0 Å². The van der Waals surface area contributed by atoms with Gasteiger partial charge >= 0.3 is 0 Å². The number of aromatic nitrogens is 3. The number of hydrogen-bond donors (Lipinski definition) is 1. The summed E-state index contributed by atoms with van der Waals surface area (Å²) in [6.07, 6.45) is 11.2. The van der Waals surface area contributed by atoms with Crippen molar-refractivity contribution in [3.05, 3.63) is 93.5 Å². The Labute approximate surface area is 277 Å². The Balaban J connectivity index is 0.00000372. The lowest BCUT2D eigenvalue weighted by Gasteiger charge is -2.40. The molecule has 2 atom stereocenters. The highest BCUT2D eigenvalue weighted by Gasteiger charge is 2.31. The number of nitrogens with one attached hydrogen (secondary N) is 1.